The van der Waals surface area contributed by atoms with E-state index in [1.165, 1.54) is 11.3 Å². The number of urea groups is 1. The third kappa shape index (κ3) is 4.34. The third-order valence-electron chi connectivity index (χ3n) is 5.63. The fourth-order valence-electron chi connectivity index (χ4n) is 3.86. The maximum absolute atomic E-state index is 12.9. The zero-order valence-corrected chi connectivity index (χ0v) is 19.3. The second-order valence-corrected chi connectivity index (χ2v) is 8.97. The highest BCUT2D eigenvalue weighted by Gasteiger charge is 2.39. The molecule has 0 saturated carbocycles. The van der Waals surface area contributed by atoms with E-state index in [0.29, 0.717) is 17.0 Å². The molecule has 1 aliphatic heterocycles. The lowest BCUT2D eigenvalue weighted by atomic mass is 10.1. The van der Waals surface area contributed by atoms with Crippen LogP contribution < -0.4 is 10.6 Å². The number of H-pyrrole nitrogens is 1. The molecule has 1 fully saturated rings. The Morgan fingerprint density at radius 3 is 2.73 bits per heavy atom. The molecule has 0 aliphatic carbocycles. The molecule has 172 valence electrons. The summed E-state index contributed by atoms with van der Waals surface area (Å²) in [5.74, 6) is -1.56. The molecule has 10 heteroatoms. The van der Waals surface area contributed by atoms with Crippen molar-refractivity contribution < 1.29 is 23.9 Å². The monoisotopic (exact) mass is 468 g/mol. The summed E-state index contributed by atoms with van der Waals surface area (Å²) < 4.78 is 5.09. The average Bonchev–Trinajstić information content (AvgIpc) is 3.39. The lowest BCUT2D eigenvalue weighted by Crippen LogP contribution is -2.38. The van der Waals surface area contributed by atoms with E-state index in [2.05, 4.69) is 15.6 Å². The Morgan fingerprint density at radius 1 is 1.21 bits per heavy atom. The summed E-state index contributed by atoms with van der Waals surface area (Å²) >= 11 is 1.25. The van der Waals surface area contributed by atoms with E-state index in [4.69, 9.17) is 4.74 Å². The average molecular weight is 469 g/mol. The molecule has 4 rings (SSSR count). The number of ether oxygens (including phenoxy) is 1. The number of amides is 4. The van der Waals surface area contributed by atoms with E-state index < -0.39 is 36.4 Å². The Kier molecular flexibility index (Phi) is 6.19. The van der Waals surface area contributed by atoms with Crippen LogP contribution in [0.1, 0.15) is 33.3 Å². The maximum atomic E-state index is 12.9. The van der Waals surface area contributed by atoms with Crippen LogP contribution >= 0.6 is 11.3 Å². The smallest absolute Gasteiger partial charge is 0.341 e. The molecule has 33 heavy (non-hydrogen) atoms. The molecule has 0 radical (unpaired) electrons. The highest BCUT2D eigenvalue weighted by molar-refractivity contribution is 7.16. The van der Waals surface area contributed by atoms with Crippen LogP contribution in [0, 0.1) is 13.8 Å². The number of nitrogens with zero attached hydrogens (tertiary/aromatic N) is 1. The van der Waals surface area contributed by atoms with Crippen LogP contribution in [-0.2, 0) is 20.7 Å². The van der Waals surface area contributed by atoms with Crippen molar-refractivity contribution in [2.75, 3.05) is 18.5 Å². The molecule has 3 aromatic rings. The third-order valence-corrected chi connectivity index (χ3v) is 6.75. The van der Waals surface area contributed by atoms with Crippen LogP contribution in [0.4, 0.5) is 9.80 Å². The first kappa shape index (κ1) is 22.5. The lowest BCUT2D eigenvalue weighted by Gasteiger charge is -2.13. The van der Waals surface area contributed by atoms with Crippen LogP contribution in [-0.4, -0.2) is 52.9 Å². The highest BCUT2D eigenvalue weighted by atomic mass is 32.1. The molecule has 1 aromatic carbocycles. The van der Waals surface area contributed by atoms with Crippen molar-refractivity contribution in [1.29, 1.82) is 0 Å². The van der Waals surface area contributed by atoms with Crippen LogP contribution in [0.2, 0.25) is 0 Å². The van der Waals surface area contributed by atoms with Crippen molar-refractivity contribution in [3.63, 3.8) is 0 Å². The van der Waals surface area contributed by atoms with Gasteiger partial charge in [0.25, 0.3) is 5.91 Å². The topological polar surface area (TPSA) is 121 Å². The largest absolute Gasteiger partial charge is 0.462 e. The first-order valence-corrected chi connectivity index (χ1v) is 11.4. The minimum Gasteiger partial charge on any atom is -0.462 e. The Hall–Kier alpha value is -3.66. The van der Waals surface area contributed by atoms with Crippen LogP contribution in [0.3, 0.4) is 0 Å². The zero-order chi connectivity index (χ0) is 23.7. The standard InChI is InChI=1S/C23H24N4O5S/c1-4-32-22(30)19-12(2)13(3)33-20(19)26-18(28)11-27-21(29)17(25-23(27)31)9-14-10-24-16-8-6-5-7-15(14)16/h5-8,10,17,24H,4,9,11H2,1-3H3,(H,25,31)(H,26,28). The number of thiophene rings is 1. The summed E-state index contributed by atoms with van der Waals surface area (Å²) in [6, 6.07) is 6.32. The van der Waals surface area contributed by atoms with Gasteiger partial charge in [0.1, 0.15) is 17.6 Å². The Labute approximate surface area is 194 Å². The molecule has 1 unspecified atom stereocenters. The number of imide groups is 1. The van der Waals surface area contributed by atoms with Gasteiger partial charge in [0.05, 0.1) is 12.2 Å². The fourth-order valence-corrected chi connectivity index (χ4v) is 4.92. The van der Waals surface area contributed by atoms with E-state index in [1.807, 2.05) is 37.4 Å². The van der Waals surface area contributed by atoms with Crippen molar-refractivity contribution in [1.82, 2.24) is 15.2 Å². The van der Waals surface area contributed by atoms with Gasteiger partial charge in [-0.25, -0.2) is 9.59 Å². The Bertz CT molecular complexity index is 1260. The van der Waals surface area contributed by atoms with Crippen LogP contribution in [0.5, 0.6) is 0 Å². The molecule has 3 N–H and O–H groups in total. The number of carbonyl (C=O) groups excluding carboxylic acids is 4. The van der Waals surface area contributed by atoms with Crippen LogP contribution in [0.15, 0.2) is 30.5 Å². The van der Waals surface area contributed by atoms with E-state index in [1.54, 1.807) is 13.8 Å². The number of benzene rings is 1. The number of aryl methyl sites for hydroxylation is 1. The number of hydrogen-bond donors (Lipinski definition) is 3. The molecular formula is C23H24N4O5S. The molecular weight excluding hydrogens is 444 g/mol. The number of esters is 1. The second-order valence-electron chi connectivity index (χ2n) is 7.75. The quantitative estimate of drug-likeness (QED) is 0.363. The SMILES string of the molecule is CCOC(=O)c1c(NC(=O)CN2C(=O)NC(Cc3c[nH]c4ccccc34)C2=O)sc(C)c1C. The predicted molar refractivity (Wildman–Crippen MR) is 124 cm³/mol. The summed E-state index contributed by atoms with van der Waals surface area (Å²) in [5, 5.41) is 6.64. The summed E-state index contributed by atoms with van der Waals surface area (Å²) in [6.07, 6.45) is 2.13. The molecule has 9 nitrogen and oxygen atoms in total. The number of carbonyl (C=O) groups is 4. The summed E-state index contributed by atoms with van der Waals surface area (Å²) in [7, 11) is 0. The van der Waals surface area contributed by atoms with Gasteiger partial charge >= 0.3 is 12.0 Å². The summed E-state index contributed by atoms with van der Waals surface area (Å²) in [4.78, 5) is 55.2. The van der Waals surface area contributed by atoms with E-state index in [-0.39, 0.29) is 6.61 Å². The predicted octanol–water partition coefficient (Wildman–Crippen LogP) is 3.12. The van der Waals surface area contributed by atoms with Crippen molar-refractivity contribution >= 4 is 51.1 Å². The number of aromatic amines is 1. The Balaban J connectivity index is 1.45. The Morgan fingerprint density at radius 2 is 1.97 bits per heavy atom. The normalized spacial score (nSPS) is 15.7. The van der Waals surface area contributed by atoms with Gasteiger partial charge in [0.2, 0.25) is 5.91 Å². The molecule has 0 spiro atoms. The van der Waals surface area contributed by atoms with Crippen LogP contribution in [0.25, 0.3) is 10.9 Å². The number of para-hydroxylation sites is 1. The van der Waals surface area contributed by atoms with Crippen molar-refractivity contribution in [2.45, 2.75) is 33.2 Å². The number of hydrogen-bond acceptors (Lipinski definition) is 6. The van der Waals surface area contributed by atoms with E-state index in [9.17, 15) is 19.2 Å². The molecule has 1 aliphatic rings. The van der Waals surface area contributed by atoms with Crippen molar-refractivity contribution in [3.8, 4) is 0 Å². The molecule has 1 atom stereocenters. The van der Waals surface area contributed by atoms with E-state index in [0.717, 1.165) is 31.8 Å². The minimum atomic E-state index is -0.758. The molecule has 2 aromatic heterocycles. The fraction of sp³-hybridized carbons (Fsp3) is 0.304. The summed E-state index contributed by atoms with van der Waals surface area (Å²) in [5.41, 5.74) is 2.86. The number of fused-ring (bicyclic) bond motifs is 1. The lowest BCUT2D eigenvalue weighted by molar-refractivity contribution is -0.130. The van der Waals surface area contributed by atoms with Gasteiger partial charge in [-0.15, -0.1) is 11.3 Å². The number of rotatable bonds is 7. The molecule has 1 saturated heterocycles. The number of aromatic nitrogens is 1. The van der Waals surface area contributed by atoms with Crippen molar-refractivity contribution in [2.24, 2.45) is 0 Å². The number of nitrogens with one attached hydrogen (secondary N) is 3. The van der Waals surface area contributed by atoms with E-state index >= 15 is 0 Å². The van der Waals surface area contributed by atoms with Gasteiger partial charge in [-0.05, 0) is 38.0 Å². The molecule has 3 heterocycles. The van der Waals surface area contributed by atoms with Gasteiger partial charge in [0, 0.05) is 28.4 Å². The van der Waals surface area contributed by atoms with Crippen molar-refractivity contribution in [3.05, 3.63) is 52.0 Å². The van der Waals surface area contributed by atoms with Gasteiger partial charge < -0.3 is 20.4 Å². The first-order chi connectivity index (χ1) is 15.8. The van der Waals surface area contributed by atoms with Gasteiger partial charge in [-0.1, -0.05) is 18.2 Å². The first-order valence-electron chi connectivity index (χ1n) is 10.5. The number of anilines is 1. The van der Waals surface area contributed by atoms with Gasteiger partial charge in [0.15, 0.2) is 0 Å². The van der Waals surface area contributed by atoms with Gasteiger partial charge in [-0.3, -0.25) is 14.5 Å². The van der Waals surface area contributed by atoms with Gasteiger partial charge in [-0.2, -0.15) is 0 Å². The second kappa shape index (κ2) is 9.07. The maximum Gasteiger partial charge on any atom is 0.341 e. The molecule has 0 bridgehead atoms. The highest BCUT2D eigenvalue weighted by Crippen LogP contribution is 2.33. The minimum absolute atomic E-state index is 0.209. The zero-order valence-electron chi connectivity index (χ0n) is 18.5. The molecule has 4 amide bonds. The summed E-state index contributed by atoms with van der Waals surface area (Å²) in [6.45, 7) is 5.08.